The third-order valence-electron chi connectivity index (χ3n) is 3.11. The molecule has 19 heavy (non-hydrogen) atoms. The second-order valence-corrected chi connectivity index (χ2v) is 4.32. The number of primary amides is 1. The minimum atomic E-state index is -0.414. The van der Waals surface area contributed by atoms with Gasteiger partial charge in [0.2, 0.25) is 5.91 Å². The smallest absolute Gasteiger partial charge is 0.248 e. The van der Waals surface area contributed by atoms with Crippen LogP contribution in [0.1, 0.15) is 10.4 Å². The number of carbonyl (C=O) groups excluding carboxylic acids is 1. The molecular weight excluding hydrogens is 236 g/mol. The molecule has 0 bridgehead atoms. The van der Waals surface area contributed by atoms with E-state index in [0.717, 1.165) is 22.0 Å². The maximum absolute atomic E-state index is 11.1. The molecule has 92 valence electrons. The average molecular weight is 248 g/mol. The summed E-state index contributed by atoms with van der Waals surface area (Å²) in [6.07, 6.45) is 1.78. The lowest BCUT2D eigenvalue weighted by molar-refractivity contribution is 0.100. The number of fused-ring (bicyclic) bond motifs is 1. The predicted molar refractivity (Wildman–Crippen MR) is 75.7 cm³/mol. The van der Waals surface area contributed by atoms with Gasteiger partial charge in [0.05, 0.1) is 5.52 Å². The summed E-state index contributed by atoms with van der Waals surface area (Å²) in [5.41, 5.74) is 8.78. The van der Waals surface area contributed by atoms with Crippen LogP contribution in [0.4, 0.5) is 0 Å². The molecule has 0 spiro atoms. The topological polar surface area (TPSA) is 56.0 Å². The quantitative estimate of drug-likeness (QED) is 0.758. The zero-order valence-corrected chi connectivity index (χ0v) is 10.2. The van der Waals surface area contributed by atoms with Crippen LogP contribution in [-0.4, -0.2) is 10.9 Å². The van der Waals surface area contributed by atoms with Gasteiger partial charge in [-0.3, -0.25) is 9.78 Å². The third kappa shape index (κ3) is 2.06. The van der Waals surface area contributed by atoms with E-state index >= 15 is 0 Å². The Hall–Kier alpha value is -2.68. The number of hydrogen-bond acceptors (Lipinski definition) is 2. The number of hydrogen-bond donors (Lipinski definition) is 1. The fourth-order valence-corrected chi connectivity index (χ4v) is 2.15. The summed E-state index contributed by atoms with van der Waals surface area (Å²) >= 11 is 0. The number of nitrogens with two attached hydrogens (primary N) is 1. The van der Waals surface area contributed by atoms with Crippen LogP contribution in [0.5, 0.6) is 0 Å². The molecule has 1 amide bonds. The van der Waals surface area contributed by atoms with Gasteiger partial charge in [-0.15, -0.1) is 0 Å². The lowest BCUT2D eigenvalue weighted by Crippen LogP contribution is -2.10. The number of carbonyl (C=O) groups is 1. The molecule has 0 aliphatic heterocycles. The molecule has 3 rings (SSSR count). The number of benzene rings is 2. The van der Waals surface area contributed by atoms with Crippen LogP contribution in [-0.2, 0) is 0 Å². The van der Waals surface area contributed by atoms with Gasteiger partial charge >= 0.3 is 0 Å². The van der Waals surface area contributed by atoms with Gasteiger partial charge in [0.25, 0.3) is 0 Å². The van der Waals surface area contributed by atoms with Crippen molar-refractivity contribution in [2.24, 2.45) is 5.73 Å². The lowest BCUT2D eigenvalue weighted by atomic mass is 10.0. The van der Waals surface area contributed by atoms with Gasteiger partial charge in [0.15, 0.2) is 0 Å². The first-order valence-electron chi connectivity index (χ1n) is 6.00. The molecule has 0 saturated carbocycles. The van der Waals surface area contributed by atoms with Crippen molar-refractivity contribution in [3.63, 3.8) is 0 Å². The van der Waals surface area contributed by atoms with E-state index in [9.17, 15) is 4.79 Å². The average Bonchev–Trinajstić information content (AvgIpc) is 2.47. The van der Waals surface area contributed by atoms with Crippen LogP contribution in [0, 0.1) is 0 Å². The summed E-state index contributed by atoms with van der Waals surface area (Å²) < 4.78 is 0. The Morgan fingerprint density at radius 2 is 1.68 bits per heavy atom. The number of para-hydroxylation sites is 1. The summed E-state index contributed by atoms with van der Waals surface area (Å²) in [6, 6.07) is 17.3. The molecular formula is C16H12N2O. The van der Waals surface area contributed by atoms with E-state index in [1.165, 1.54) is 0 Å². The normalized spacial score (nSPS) is 10.5. The first-order valence-corrected chi connectivity index (χ1v) is 6.00. The monoisotopic (exact) mass is 248 g/mol. The SMILES string of the molecule is NC(=O)c1ccc(-c2cccc3cccnc23)cc1. The molecule has 2 N–H and O–H groups in total. The number of amides is 1. The number of aromatic nitrogens is 1. The molecule has 3 heteroatoms. The van der Waals surface area contributed by atoms with Gasteiger partial charge in [0, 0.05) is 22.7 Å². The minimum absolute atomic E-state index is 0.414. The van der Waals surface area contributed by atoms with Crippen LogP contribution in [0.3, 0.4) is 0 Å². The zero-order valence-electron chi connectivity index (χ0n) is 10.2. The highest BCUT2D eigenvalue weighted by atomic mass is 16.1. The predicted octanol–water partition coefficient (Wildman–Crippen LogP) is 3.00. The first kappa shape index (κ1) is 11.4. The molecule has 0 saturated heterocycles. The highest BCUT2D eigenvalue weighted by Gasteiger charge is 2.05. The molecule has 3 nitrogen and oxygen atoms in total. The first-order chi connectivity index (χ1) is 9.25. The van der Waals surface area contributed by atoms with E-state index in [2.05, 4.69) is 4.98 Å². The Morgan fingerprint density at radius 1 is 0.947 bits per heavy atom. The summed E-state index contributed by atoms with van der Waals surface area (Å²) in [5, 5.41) is 1.10. The van der Waals surface area contributed by atoms with Crippen LogP contribution >= 0.6 is 0 Å². The third-order valence-corrected chi connectivity index (χ3v) is 3.11. The molecule has 1 aromatic heterocycles. The number of pyridine rings is 1. The van der Waals surface area contributed by atoms with Gasteiger partial charge in [-0.05, 0) is 23.8 Å². The number of rotatable bonds is 2. The molecule has 2 aromatic carbocycles. The Kier molecular flexibility index (Phi) is 2.72. The maximum Gasteiger partial charge on any atom is 0.248 e. The lowest BCUT2D eigenvalue weighted by Gasteiger charge is -2.06. The largest absolute Gasteiger partial charge is 0.366 e. The van der Waals surface area contributed by atoms with E-state index in [-0.39, 0.29) is 0 Å². The molecule has 0 atom stereocenters. The van der Waals surface area contributed by atoms with E-state index in [0.29, 0.717) is 5.56 Å². The Morgan fingerprint density at radius 3 is 2.42 bits per heavy atom. The van der Waals surface area contributed by atoms with Gasteiger partial charge in [-0.25, -0.2) is 0 Å². The van der Waals surface area contributed by atoms with E-state index in [1.807, 2.05) is 42.5 Å². The van der Waals surface area contributed by atoms with Gasteiger partial charge < -0.3 is 5.73 Å². The van der Waals surface area contributed by atoms with E-state index in [4.69, 9.17) is 5.73 Å². The fraction of sp³-hybridized carbons (Fsp3) is 0. The van der Waals surface area contributed by atoms with Crippen molar-refractivity contribution >= 4 is 16.8 Å². The minimum Gasteiger partial charge on any atom is -0.366 e. The summed E-state index contributed by atoms with van der Waals surface area (Å²) in [7, 11) is 0. The maximum atomic E-state index is 11.1. The van der Waals surface area contributed by atoms with Crippen molar-refractivity contribution in [1.29, 1.82) is 0 Å². The van der Waals surface area contributed by atoms with Crippen LogP contribution < -0.4 is 5.73 Å². The van der Waals surface area contributed by atoms with Crippen LogP contribution in [0.2, 0.25) is 0 Å². The summed E-state index contributed by atoms with van der Waals surface area (Å²) in [4.78, 5) is 15.5. The highest BCUT2D eigenvalue weighted by Crippen LogP contribution is 2.26. The number of nitrogens with zero attached hydrogens (tertiary/aromatic N) is 1. The van der Waals surface area contributed by atoms with Crippen molar-refractivity contribution in [2.75, 3.05) is 0 Å². The van der Waals surface area contributed by atoms with E-state index in [1.54, 1.807) is 18.3 Å². The molecule has 0 aliphatic rings. The second kappa shape index (κ2) is 4.53. The molecule has 1 heterocycles. The standard InChI is InChI=1S/C16H12N2O/c17-16(19)13-8-6-11(7-9-13)14-5-1-3-12-4-2-10-18-15(12)14/h1-10H,(H2,17,19). The van der Waals surface area contributed by atoms with Crippen molar-refractivity contribution in [1.82, 2.24) is 4.98 Å². The molecule has 0 unspecified atom stereocenters. The van der Waals surface area contributed by atoms with Crippen LogP contribution in [0.25, 0.3) is 22.0 Å². The van der Waals surface area contributed by atoms with Gasteiger partial charge in [0.1, 0.15) is 0 Å². The summed E-state index contributed by atoms with van der Waals surface area (Å²) in [6.45, 7) is 0. The highest BCUT2D eigenvalue weighted by molar-refractivity contribution is 5.96. The van der Waals surface area contributed by atoms with Crippen LogP contribution in [0.15, 0.2) is 60.8 Å². The van der Waals surface area contributed by atoms with Gasteiger partial charge in [-0.1, -0.05) is 36.4 Å². The second-order valence-electron chi connectivity index (χ2n) is 4.32. The molecule has 0 fully saturated rings. The molecule has 0 aliphatic carbocycles. The van der Waals surface area contributed by atoms with Crippen molar-refractivity contribution in [2.45, 2.75) is 0 Å². The zero-order chi connectivity index (χ0) is 13.2. The van der Waals surface area contributed by atoms with Crippen molar-refractivity contribution in [3.05, 3.63) is 66.4 Å². The van der Waals surface area contributed by atoms with Crippen molar-refractivity contribution in [3.8, 4) is 11.1 Å². The molecule has 3 aromatic rings. The van der Waals surface area contributed by atoms with Crippen molar-refractivity contribution < 1.29 is 4.79 Å². The summed E-state index contributed by atoms with van der Waals surface area (Å²) in [5.74, 6) is -0.414. The van der Waals surface area contributed by atoms with E-state index < -0.39 is 5.91 Å². The van der Waals surface area contributed by atoms with Gasteiger partial charge in [-0.2, -0.15) is 0 Å². The molecule has 0 radical (unpaired) electrons. The Labute approximate surface area is 110 Å². The fourth-order valence-electron chi connectivity index (χ4n) is 2.15. The Bertz CT molecular complexity index is 743. The Balaban J connectivity index is 2.16.